The molecule has 0 saturated carbocycles. The third kappa shape index (κ3) is 5.69. The third-order valence-corrected chi connectivity index (χ3v) is 6.12. The van der Waals surface area contributed by atoms with E-state index < -0.39 is 11.7 Å². The lowest BCUT2D eigenvalue weighted by Gasteiger charge is -2.32. The Morgan fingerprint density at radius 3 is 2.48 bits per heavy atom. The number of rotatable bonds is 7. The number of unbranched alkanes of at least 4 members (excludes halogenated alkanes) is 1. The van der Waals surface area contributed by atoms with Gasteiger partial charge in [0.15, 0.2) is 0 Å². The summed E-state index contributed by atoms with van der Waals surface area (Å²) in [5.41, 5.74) is 2.63. The van der Waals surface area contributed by atoms with Crippen LogP contribution >= 0.6 is 11.8 Å². The van der Waals surface area contributed by atoms with Crippen molar-refractivity contribution in [1.29, 1.82) is 0 Å². The minimum Gasteiger partial charge on any atom is -0.494 e. The molecule has 0 atom stereocenters. The summed E-state index contributed by atoms with van der Waals surface area (Å²) in [7, 11) is 0. The van der Waals surface area contributed by atoms with E-state index >= 15 is 0 Å². The van der Waals surface area contributed by atoms with E-state index in [1.165, 1.54) is 10.5 Å². The van der Waals surface area contributed by atoms with Crippen LogP contribution in [0.1, 0.15) is 58.6 Å². The summed E-state index contributed by atoms with van der Waals surface area (Å²) in [4.78, 5) is 12.9. The topological polar surface area (TPSA) is 47.6 Å². The predicted octanol–water partition coefficient (Wildman–Crippen LogP) is 6.73. The van der Waals surface area contributed by atoms with Gasteiger partial charge in [-0.15, -0.1) is 11.8 Å². The second-order valence-electron chi connectivity index (χ2n) is 8.91. The molecule has 4 nitrogen and oxygen atoms in total. The Labute approximate surface area is 178 Å². The van der Waals surface area contributed by atoms with Crippen LogP contribution in [0.15, 0.2) is 47.4 Å². The summed E-state index contributed by atoms with van der Waals surface area (Å²) >= 11 is 1.89. The molecule has 0 saturated heterocycles. The highest BCUT2D eigenvalue weighted by Gasteiger charge is 2.33. The molecule has 1 aliphatic rings. The molecule has 3 rings (SSSR count). The zero-order valence-corrected chi connectivity index (χ0v) is 18.8. The van der Waals surface area contributed by atoms with Crippen LogP contribution in [0.3, 0.4) is 0 Å². The van der Waals surface area contributed by atoms with Crippen molar-refractivity contribution in [3.8, 4) is 5.75 Å². The van der Waals surface area contributed by atoms with Crippen molar-refractivity contribution in [2.75, 3.05) is 17.7 Å². The Hall–Kier alpha value is -2.14. The molecule has 2 aromatic carbocycles. The van der Waals surface area contributed by atoms with Crippen molar-refractivity contribution in [3.63, 3.8) is 0 Å². The summed E-state index contributed by atoms with van der Waals surface area (Å²) in [6, 6.07) is 14.6. The molecule has 1 amide bonds. The third-order valence-electron chi connectivity index (χ3n) is 5.02. The SMILES string of the molecule is CC(C)(C)c1ccc(SCCCCOc2ccc3c(c2)C(C)(C)OC(=O)N3)cc1. The minimum absolute atomic E-state index is 0.199. The van der Waals surface area contributed by atoms with Gasteiger partial charge in [0.2, 0.25) is 0 Å². The van der Waals surface area contributed by atoms with Crippen LogP contribution in [0.2, 0.25) is 0 Å². The summed E-state index contributed by atoms with van der Waals surface area (Å²) in [6.07, 6.45) is 1.68. The van der Waals surface area contributed by atoms with Crippen LogP contribution in [-0.2, 0) is 15.8 Å². The molecule has 156 valence electrons. The van der Waals surface area contributed by atoms with Crippen molar-refractivity contribution in [2.24, 2.45) is 0 Å². The summed E-state index contributed by atoms with van der Waals surface area (Å²) in [6.45, 7) is 11.2. The molecule has 2 aromatic rings. The Morgan fingerprint density at radius 2 is 1.79 bits per heavy atom. The highest BCUT2D eigenvalue weighted by atomic mass is 32.2. The Bertz CT molecular complexity index is 853. The molecule has 0 aliphatic carbocycles. The van der Waals surface area contributed by atoms with Crippen molar-refractivity contribution < 1.29 is 14.3 Å². The molecule has 0 unspecified atom stereocenters. The maximum absolute atomic E-state index is 11.6. The molecular weight excluding hydrogens is 382 g/mol. The largest absolute Gasteiger partial charge is 0.494 e. The lowest BCUT2D eigenvalue weighted by atomic mass is 9.87. The van der Waals surface area contributed by atoms with E-state index in [1.807, 2.05) is 43.8 Å². The average molecular weight is 414 g/mol. The molecule has 0 fully saturated rings. The quantitative estimate of drug-likeness (QED) is 0.404. The minimum atomic E-state index is -0.657. The summed E-state index contributed by atoms with van der Waals surface area (Å²) in [5.74, 6) is 1.89. The fourth-order valence-electron chi connectivity index (χ4n) is 3.28. The van der Waals surface area contributed by atoms with Gasteiger partial charge in [0.05, 0.1) is 12.3 Å². The van der Waals surface area contributed by atoms with Crippen molar-refractivity contribution in [2.45, 2.75) is 63.4 Å². The number of hydrogen-bond acceptors (Lipinski definition) is 4. The lowest BCUT2D eigenvalue weighted by molar-refractivity contribution is 0.0418. The van der Waals surface area contributed by atoms with Gasteiger partial charge < -0.3 is 9.47 Å². The fourth-order valence-corrected chi connectivity index (χ4v) is 4.19. The maximum atomic E-state index is 11.6. The van der Waals surface area contributed by atoms with Gasteiger partial charge in [0, 0.05) is 10.5 Å². The summed E-state index contributed by atoms with van der Waals surface area (Å²) in [5, 5.41) is 2.73. The Balaban J connectivity index is 1.42. The van der Waals surface area contributed by atoms with Crippen molar-refractivity contribution in [3.05, 3.63) is 53.6 Å². The van der Waals surface area contributed by atoms with Crippen LogP contribution in [0.25, 0.3) is 0 Å². The first-order valence-electron chi connectivity index (χ1n) is 10.2. The molecular formula is C24H31NO3S. The lowest BCUT2D eigenvalue weighted by Crippen LogP contribution is -2.34. The Kier molecular flexibility index (Phi) is 6.47. The van der Waals surface area contributed by atoms with E-state index in [-0.39, 0.29) is 5.41 Å². The van der Waals surface area contributed by atoms with Gasteiger partial charge in [-0.05, 0) is 73.8 Å². The highest BCUT2D eigenvalue weighted by Crippen LogP contribution is 2.37. The van der Waals surface area contributed by atoms with Gasteiger partial charge in [-0.1, -0.05) is 32.9 Å². The molecule has 1 N–H and O–H groups in total. The van der Waals surface area contributed by atoms with Gasteiger partial charge >= 0.3 is 6.09 Å². The van der Waals surface area contributed by atoms with Gasteiger partial charge in [-0.2, -0.15) is 0 Å². The first-order chi connectivity index (χ1) is 13.6. The van der Waals surface area contributed by atoms with Crippen LogP contribution in [-0.4, -0.2) is 18.5 Å². The standard InChI is InChI=1S/C24H31NO3S/c1-23(2,3)17-8-11-19(12-9-17)29-15-7-6-14-27-18-10-13-21-20(16-18)24(4,5)28-22(26)25-21/h8-13,16H,6-7,14-15H2,1-5H3,(H,25,26). The number of amides is 1. The molecule has 29 heavy (non-hydrogen) atoms. The van der Waals surface area contributed by atoms with E-state index in [0.717, 1.165) is 35.6 Å². The van der Waals surface area contributed by atoms with E-state index in [9.17, 15) is 4.79 Å². The van der Waals surface area contributed by atoms with Crippen LogP contribution in [0, 0.1) is 0 Å². The van der Waals surface area contributed by atoms with E-state index in [1.54, 1.807) is 0 Å². The molecule has 1 aliphatic heterocycles. The zero-order valence-electron chi connectivity index (χ0n) is 18.0. The number of carbonyl (C=O) groups excluding carboxylic acids is 1. The zero-order chi connectivity index (χ0) is 21.1. The Morgan fingerprint density at radius 1 is 1.07 bits per heavy atom. The number of fused-ring (bicyclic) bond motifs is 1. The smallest absolute Gasteiger partial charge is 0.412 e. The summed E-state index contributed by atoms with van der Waals surface area (Å²) < 4.78 is 11.3. The number of hydrogen-bond donors (Lipinski definition) is 1. The van der Waals surface area contributed by atoms with E-state index in [4.69, 9.17) is 9.47 Å². The molecule has 0 bridgehead atoms. The normalized spacial score (nSPS) is 15.3. The molecule has 5 heteroatoms. The van der Waals surface area contributed by atoms with Gasteiger partial charge in [-0.25, -0.2) is 4.79 Å². The van der Waals surface area contributed by atoms with E-state index in [0.29, 0.717) is 6.61 Å². The number of nitrogens with one attached hydrogen (secondary N) is 1. The van der Waals surface area contributed by atoms with Crippen LogP contribution < -0.4 is 10.1 Å². The second kappa shape index (κ2) is 8.70. The number of benzene rings is 2. The first kappa shape index (κ1) is 21.6. The highest BCUT2D eigenvalue weighted by molar-refractivity contribution is 7.99. The van der Waals surface area contributed by atoms with Gasteiger partial charge in [0.25, 0.3) is 0 Å². The average Bonchev–Trinajstić information content (AvgIpc) is 2.64. The second-order valence-corrected chi connectivity index (χ2v) is 10.1. The fraction of sp³-hybridized carbons (Fsp3) is 0.458. The first-order valence-corrected chi connectivity index (χ1v) is 11.1. The number of cyclic esters (lactones) is 1. The van der Waals surface area contributed by atoms with Crippen LogP contribution in [0.5, 0.6) is 5.75 Å². The number of thioether (sulfide) groups is 1. The number of carbonyl (C=O) groups is 1. The number of anilines is 1. The maximum Gasteiger partial charge on any atom is 0.412 e. The molecule has 0 aromatic heterocycles. The van der Waals surface area contributed by atoms with Crippen molar-refractivity contribution >= 4 is 23.5 Å². The van der Waals surface area contributed by atoms with Crippen LogP contribution in [0.4, 0.5) is 10.5 Å². The van der Waals surface area contributed by atoms with Gasteiger partial charge in [-0.3, -0.25) is 5.32 Å². The number of ether oxygens (including phenoxy) is 2. The molecule has 0 radical (unpaired) electrons. The monoisotopic (exact) mass is 413 g/mol. The van der Waals surface area contributed by atoms with Crippen molar-refractivity contribution in [1.82, 2.24) is 0 Å². The molecule has 1 heterocycles. The van der Waals surface area contributed by atoms with E-state index in [2.05, 4.69) is 50.4 Å². The van der Waals surface area contributed by atoms with Gasteiger partial charge in [0.1, 0.15) is 11.4 Å². The molecule has 0 spiro atoms. The predicted molar refractivity (Wildman–Crippen MR) is 120 cm³/mol.